The molecule has 1 unspecified atom stereocenters. The number of hydrogen-bond acceptors (Lipinski definition) is 7. The third kappa shape index (κ3) is 2.27. The molecule has 0 saturated carbocycles. The number of methoxy groups -OCH3 is 1. The summed E-state index contributed by atoms with van der Waals surface area (Å²) in [7, 11) is 1.52. The molecular weight excluding hydrogens is 224 g/mol. The second kappa shape index (κ2) is 4.52. The fraction of sp³-hybridized carbons (Fsp3) is 0.444. The van der Waals surface area contributed by atoms with Crippen molar-refractivity contribution in [2.75, 3.05) is 25.2 Å². The average Bonchev–Trinajstić information content (AvgIpc) is 2.62. The van der Waals surface area contributed by atoms with Gasteiger partial charge in [-0.05, 0) is 0 Å². The molecule has 2 rings (SSSR count). The topological polar surface area (TPSA) is 125 Å². The van der Waals surface area contributed by atoms with E-state index in [4.69, 9.17) is 16.2 Å². The van der Waals surface area contributed by atoms with Gasteiger partial charge in [-0.15, -0.1) is 0 Å². The minimum absolute atomic E-state index is 0.0815. The van der Waals surface area contributed by atoms with E-state index in [0.29, 0.717) is 17.7 Å². The van der Waals surface area contributed by atoms with E-state index in [1.54, 1.807) is 4.57 Å². The molecular formula is C9H14N6O2. The summed E-state index contributed by atoms with van der Waals surface area (Å²) in [5, 5.41) is 9.64. The first-order valence-corrected chi connectivity index (χ1v) is 5.02. The summed E-state index contributed by atoms with van der Waals surface area (Å²) < 4.78 is 6.51. The van der Waals surface area contributed by atoms with Crippen LogP contribution in [0.25, 0.3) is 11.2 Å². The summed E-state index contributed by atoms with van der Waals surface area (Å²) in [4.78, 5) is 11.9. The van der Waals surface area contributed by atoms with Crippen LogP contribution < -0.4 is 11.5 Å². The Morgan fingerprint density at radius 1 is 1.47 bits per heavy atom. The molecule has 5 N–H and O–H groups in total. The molecule has 0 aromatic carbocycles. The minimum atomic E-state index is -0.644. The van der Waals surface area contributed by atoms with Crippen molar-refractivity contribution in [2.24, 2.45) is 0 Å². The number of hydrogen-bond donors (Lipinski definition) is 3. The molecule has 2 aromatic rings. The zero-order valence-electron chi connectivity index (χ0n) is 9.37. The highest BCUT2D eigenvalue weighted by Crippen LogP contribution is 2.16. The lowest BCUT2D eigenvalue weighted by atomic mass is 10.3. The monoisotopic (exact) mass is 238 g/mol. The number of nitrogen functional groups attached to an aromatic ring is 2. The van der Waals surface area contributed by atoms with Crippen molar-refractivity contribution in [3.8, 4) is 0 Å². The fourth-order valence-corrected chi connectivity index (χ4v) is 1.59. The van der Waals surface area contributed by atoms with Crippen molar-refractivity contribution in [1.29, 1.82) is 0 Å². The van der Waals surface area contributed by atoms with Crippen molar-refractivity contribution in [3.63, 3.8) is 0 Å². The van der Waals surface area contributed by atoms with Crippen LogP contribution >= 0.6 is 0 Å². The van der Waals surface area contributed by atoms with E-state index in [9.17, 15) is 5.11 Å². The third-order valence-corrected chi connectivity index (χ3v) is 2.27. The van der Waals surface area contributed by atoms with Gasteiger partial charge in [0, 0.05) is 7.11 Å². The summed E-state index contributed by atoms with van der Waals surface area (Å²) in [6.45, 7) is 0.538. The maximum atomic E-state index is 9.64. The number of aromatic nitrogens is 4. The first-order valence-electron chi connectivity index (χ1n) is 5.02. The number of imidazole rings is 1. The van der Waals surface area contributed by atoms with Crippen LogP contribution in [0.4, 0.5) is 11.8 Å². The second-order valence-corrected chi connectivity index (χ2v) is 3.65. The molecule has 1 atom stereocenters. The highest BCUT2D eigenvalue weighted by Gasteiger charge is 2.12. The van der Waals surface area contributed by atoms with Crippen molar-refractivity contribution in [2.45, 2.75) is 12.6 Å². The number of nitrogens with zero attached hydrogens (tertiary/aromatic N) is 4. The van der Waals surface area contributed by atoms with Gasteiger partial charge < -0.3 is 25.9 Å². The van der Waals surface area contributed by atoms with E-state index in [0.717, 1.165) is 0 Å². The first kappa shape index (κ1) is 11.6. The van der Waals surface area contributed by atoms with Gasteiger partial charge in [0.05, 0.1) is 25.6 Å². The molecule has 0 aliphatic rings. The Kier molecular flexibility index (Phi) is 3.07. The molecule has 0 fully saturated rings. The zero-order chi connectivity index (χ0) is 12.4. The van der Waals surface area contributed by atoms with Crippen LogP contribution in [0.5, 0.6) is 0 Å². The van der Waals surface area contributed by atoms with Crippen molar-refractivity contribution < 1.29 is 9.84 Å². The summed E-state index contributed by atoms with van der Waals surface area (Å²) in [6.07, 6.45) is 0.892. The summed E-state index contributed by atoms with van der Waals surface area (Å²) in [6, 6.07) is 0. The Balaban J connectivity index is 2.35. The lowest BCUT2D eigenvalue weighted by Crippen LogP contribution is -2.21. The van der Waals surface area contributed by atoms with Crippen LogP contribution in [0.2, 0.25) is 0 Å². The molecule has 2 aromatic heterocycles. The lowest BCUT2D eigenvalue weighted by Gasteiger charge is -2.10. The lowest BCUT2D eigenvalue weighted by molar-refractivity contribution is 0.0543. The van der Waals surface area contributed by atoms with Gasteiger partial charge >= 0.3 is 0 Å². The number of rotatable bonds is 4. The average molecular weight is 238 g/mol. The van der Waals surface area contributed by atoms with Gasteiger partial charge in [-0.3, -0.25) is 0 Å². The summed E-state index contributed by atoms with van der Waals surface area (Å²) in [5.74, 6) is 0.311. The molecule has 0 spiro atoms. The van der Waals surface area contributed by atoms with Crippen LogP contribution in [-0.4, -0.2) is 44.4 Å². The molecule has 17 heavy (non-hydrogen) atoms. The molecule has 0 aliphatic carbocycles. The van der Waals surface area contributed by atoms with Gasteiger partial charge in [0.25, 0.3) is 0 Å². The van der Waals surface area contributed by atoms with E-state index in [1.165, 1.54) is 13.4 Å². The number of ether oxygens (including phenoxy) is 1. The van der Waals surface area contributed by atoms with Crippen LogP contribution in [0.15, 0.2) is 6.33 Å². The molecule has 8 nitrogen and oxygen atoms in total. The molecule has 0 bridgehead atoms. The number of aliphatic hydroxyl groups is 1. The Morgan fingerprint density at radius 3 is 2.94 bits per heavy atom. The summed E-state index contributed by atoms with van der Waals surface area (Å²) >= 11 is 0. The van der Waals surface area contributed by atoms with Crippen LogP contribution in [-0.2, 0) is 11.3 Å². The zero-order valence-corrected chi connectivity index (χ0v) is 9.37. The smallest absolute Gasteiger partial charge is 0.224 e. The fourth-order valence-electron chi connectivity index (χ4n) is 1.59. The largest absolute Gasteiger partial charge is 0.389 e. The summed E-state index contributed by atoms with van der Waals surface area (Å²) in [5.41, 5.74) is 12.2. The number of aliphatic hydroxyl groups excluding tert-OH is 1. The molecule has 8 heteroatoms. The van der Waals surface area contributed by atoms with Crippen molar-refractivity contribution in [1.82, 2.24) is 19.5 Å². The number of nitrogens with two attached hydrogens (primary N) is 2. The van der Waals surface area contributed by atoms with Gasteiger partial charge in [-0.1, -0.05) is 0 Å². The molecule has 0 radical (unpaired) electrons. The maximum absolute atomic E-state index is 9.64. The van der Waals surface area contributed by atoms with E-state index in [1.807, 2.05) is 0 Å². The Bertz CT molecular complexity index is 525. The number of anilines is 2. The highest BCUT2D eigenvalue weighted by atomic mass is 16.5. The molecule has 92 valence electrons. The Labute approximate surface area is 97.2 Å². The Hall–Kier alpha value is -1.93. The highest BCUT2D eigenvalue weighted by molar-refractivity contribution is 5.82. The van der Waals surface area contributed by atoms with Gasteiger partial charge in [-0.25, -0.2) is 4.98 Å². The van der Waals surface area contributed by atoms with Crippen LogP contribution in [0.3, 0.4) is 0 Å². The van der Waals surface area contributed by atoms with Crippen LogP contribution in [0, 0.1) is 0 Å². The number of fused-ring (bicyclic) bond motifs is 1. The van der Waals surface area contributed by atoms with Gasteiger partial charge in [-0.2, -0.15) is 9.97 Å². The normalized spacial score (nSPS) is 13.1. The SMILES string of the molecule is COCC(O)Cn1cnc2c(N)nc(N)nc21. The predicted octanol–water partition coefficient (Wildman–Crippen LogP) is -1.00. The quantitative estimate of drug-likeness (QED) is 0.623. The Morgan fingerprint density at radius 2 is 2.24 bits per heavy atom. The van der Waals surface area contributed by atoms with Crippen molar-refractivity contribution >= 4 is 22.9 Å². The third-order valence-electron chi connectivity index (χ3n) is 2.27. The second-order valence-electron chi connectivity index (χ2n) is 3.65. The van der Waals surface area contributed by atoms with Crippen LogP contribution in [0.1, 0.15) is 0 Å². The molecule has 0 aliphatic heterocycles. The standard InChI is InChI=1S/C9H14N6O2/c1-17-3-5(16)2-15-4-12-6-7(10)13-9(11)14-8(6)15/h4-5,16H,2-3H2,1H3,(H4,10,11,13,14). The van der Waals surface area contributed by atoms with Gasteiger partial charge in [0.2, 0.25) is 5.95 Å². The van der Waals surface area contributed by atoms with Gasteiger partial charge in [0.15, 0.2) is 11.5 Å². The van der Waals surface area contributed by atoms with Crippen molar-refractivity contribution in [3.05, 3.63) is 6.33 Å². The predicted molar refractivity (Wildman–Crippen MR) is 62.0 cm³/mol. The molecule has 0 saturated heterocycles. The van der Waals surface area contributed by atoms with E-state index in [2.05, 4.69) is 15.0 Å². The molecule has 0 amide bonds. The first-order chi connectivity index (χ1) is 8.11. The van der Waals surface area contributed by atoms with E-state index < -0.39 is 6.10 Å². The van der Waals surface area contributed by atoms with E-state index in [-0.39, 0.29) is 18.4 Å². The maximum Gasteiger partial charge on any atom is 0.224 e. The molecule has 2 heterocycles. The van der Waals surface area contributed by atoms with E-state index >= 15 is 0 Å². The minimum Gasteiger partial charge on any atom is -0.389 e. The van der Waals surface area contributed by atoms with Gasteiger partial charge in [0.1, 0.15) is 5.52 Å².